The van der Waals surface area contributed by atoms with Gasteiger partial charge in [-0.3, -0.25) is 4.79 Å². The molecule has 0 amide bonds. The summed E-state index contributed by atoms with van der Waals surface area (Å²) in [5.74, 6) is -0.0662. The third-order valence-corrected chi connectivity index (χ3v) is 4.63. The van der Waals surface area contributed by atoms with E-state index in [-0.39, 0.29) is 17.6 Å². The highest BCUT2D eigenvalue weighted by atomic mass is 32.2. The number of carboxylic acid groups (broad SMARTS) is 1. The molecule has 0 aliphatic carbocycles. The first kappa shape index (κ1) is 13.5. The van der Waals surface area contributed by atoms with Crippen LogP contribution in [0.4, 0.5) is 4.39 Å². The molecule has 2 heterocycles. The molecule has 0 saturated carbocycles. The normalized spacial score (nSPS) is 18.8. The molecule has 1 unspecified atom stereocenters. The molecule has 2 aromatic rings. The van der Waals surface area contributed by atoms with Crippen LogP contribution in [0.1, 0.15) is 17.4 Å². The van der Waals surface area contributed by atoms with E-state index in [2.05, 4.69) is 5.32 Å². The topological polar surface area (TPSA) is 54.3 Å². The molecule has 1 aliphatic rings. The molecule has 4 nitrogen and oxygen atoms in total. The summed E-state index contributed by atoms with van der Waals surface area (Å²) >= 11 is 1.79. The van der Waals surface area contributed by atoms with Gasteiger partial charge >= 0.3 is 5.97 Å². The molecule has 1 aromatic heterocycles. The third kappa shape index (κ3) is 2.53. The van der Waals surface area contributed by atoms with E-state index in [4.69, 9.17) is 5.11 Å². The fourth-order valence-electron chi connectivity index (χ4n) is 2.53. The number of hydrogen-bond acceptors (Lipinski definition) is 3. The summed E-state index contributed by atoms with van der Waals surface area (Å²) in [5, 5.41) is 13.2. The second kappa shape index (κ2) is 5.46. The maximum Gasteiger partial charge on any atom is 0.305 e. The first-order chi connectivity index (χ1) is 9.65. The van der Waals surface area contributed by atoms with Crippen molar-refractivity contribution in [2.24, 2.45) is 0 Å². The summed E-state index contributed by atoms with van der Waals surface area (Å²) in [6.45, 7) is 1.33. The average Bonchev–Trinajstić information content (AvgIpc) is 3.02. The van der Waals surface area contributed by atoms with E-state index in [1.165, 1.54) is 12.1 Å². The van der Waals surface area contributed by atoms with Gasteiger partial charge in [0.05, 0.1) is 11.8 Å². The highest BCUT2D eigenvalue weighted by Gasteiger charge is 2.22. The van der Waals surface area contributed by atoms with E-state index in [1.54, 1.807) is 17.8 Å². The van der Waals surface area contributed by atoms with Gasteiger partial charge in [0, 0.05) is 41.5 Å². The fraction of sp³-hybridized carbons (Fsp3) is 0.357. The number of halogens is 1. The predicted molar refractivity (Wildman–Crippen MR) is 77.4 cm³/mol. The molecule has 0 spiro atoms. The van der Waals surface area contributed by atoms with Crippen LogP contribution in [0.25, 0.3) is 10.9 Å². The Kier molecular flexibility index (Phi) is 3.67. The van der Waals surface area contributed by atoms with Crippen LogP contribution in [0, 0.1) is 5.82 Å². The Balaban J connectivity index is 2.04. The number of fused-ring (bicyclic) bond motifs is 1. The summed E-state index contributed by atoms with van der Waals surface area (Å²) in [6.07, 6.45) is 2.01. The second-order valence-electron chi connectivity index (χ2n) is 4.79. The lowest BCUT2D eigenvalue weighted by Crippen LogP contribution is -2.11. The largest absolute Gasteiger partial charge is 0.481 e. The standard InChI is InChI=1S/C14H15FN2O2S/c15-9-1-2-12-10(7-9)11(14-16-4-6-20-14)8-17(12)5-3-13(18)19/h1-2,7-8,14,16H,3-6H2,(H,18,19). The number of hydrogen-bond donors (Lipinski definition) is 2. The van der Waals surface area contributed by atoms with Gasteiger partial charge in [-0.05, 0) is 18.2 Å². The number of nitrogens with zero attached hydrogens (tertiary/aromatic N) is 1. The maximum atomic E-state index is 13.5. The van der Waals surface area contributed by atoms with Gasteiger partial charge in [-0.15, -0.1) is 11.8 Å². The molecule has 3 rings (SSSR count). The minimum Gasteiger partial charge on any atom is -0.481 e. The zero-order valence-electron chi connectivity index (χ0n) is 10.8. The second-order valence-corrected chi connectivity index (χ2v) is 6.00. The van der Waals surface area contributed by atoms with Crippen LogP contribution in [0.3, 0.4) is 0 Å². The van der Waals surface area contributed by atoms with Crippen molar-refractivity contribution in [2.75, 3.05) is 12.3 Å². The van der Waals surface area contributed by atoms with Crippen molar-refractivity contribution in [3.05, 3.63) is 35.8 Å². The number of rotatable bonds is 4. The maximum absolute atomic E-state index is 13.5. The number of carboxylic acids is 1. The minimum absolute atomic E-state index is 0.0613. The molecule has 1 saturated heterocycles. The van der Waals surface area contributed by atoms with Gasteiger partial charge in [0.1, 0.15) is 5.82 Å². The van der Waals surface area contributed by atoms with Crippen LogP contribution in [0.5, 0.6) is 0 Å². The molecular weight excluding hydrogens is 279 g/mol. The smallest absolute Gasteiger partial charge is 0.305 e. The molecule has 1 fully saturated rings. The molecule has 1 atom stereocenters. The highest BCUT2D eigenvalue weighted by molar-refractivity contribution is 7.99. The van der Waals surface area contributed by atoms with Gasteiger partial charge in [-0.25, -0.2) is 4.39 Å². The van der Waals surface area contributed by atoms with E-state index >= 15 is 0 Å². The fourth-order valence-corrected chi connectivity index (χ4v) is 3.61. The van der Waals surface area contributed by atoms with Gasteiger partial charge in [-0.1, -0.05) is 0 Å². The van der Waals surface area contributed by atoms with Crippen molar-refractivity contribution in [3.8, 4) is 0 Å². The average molecular weight is 294 g/mol. The van der Waals surface area contributed by atoms with Gasteiger partial charge in [-0.2, -0.15) is 0 Å². The van der Waals surface area contributed by atoms with Gasteiger partial charge in [0.25, 0.3) is 0 Å². The zero-order valence-corrected chi connectivity index (χ0v) is 11.6. The van der Waals surface area contributed by atoms with Crippen LogP contribution < -0.4 is 5.32 Å². The summed E-state index contributed by atoms with van der Waals surface area (Å²) in [5.41, 5.74) is 1.92. The summed E-state index contributed by atoms with van der Waals surface area (Å²) in [6, 6.07) is 4.66. The lowest BCUT2D eigenvalue weighted by atomic mass is 10.1. The van der Waals surface area contributed by atoms with Crippen molar-refractivity contribution in [2.45, 2.75) is 18.3 Å². The van der Waals surface area contributed by atoms with E-state index in [9.17, 15) is 9.18 Å². The van der Waals surface area contributed by atoms with E-state index < -0.39 is 5.97 Å². The molecule has 0 bridgehead atoms. The first-order valence-electron chi connectivity index (χ1n) is 6.50. The van der Waals surface area contributed by atoms with Crippen LogP contribution in [-0.4, -0.2) is 27.9 Å². The van der Waals surface area contributed by atoms with Gasteiger partial charge in [0.2, 0.25) is 0 Å². The summed E-state index contributed by atoms with van der Waals surface area (Å²) in [4.78, 5) is 10.7. The Morgan fingerprint density at radius 1 is 1.55 bits per heavy atom. The van der Waals surface area contributed by atoms with E-state index in [1.807, 2.05) is 10.8 Å². The van der Waals surface area contributed by atoms with Crippen molar-refractivity contribution in [3.63, 3.8) is 0 Å². The van der Waals surface area contributed by atoms with Crippen LogP contribution in [-0.2, 0) is 11.3 Å². The Bertz CT molecular complexity index is 650. The molecule has 106 valence electrons. The lowest BCUT2D eigenvalue weighted by Gasteiger charge is -2.07. The van der Waals surface area contributed by atoms with Gasteiger partial charge in [0.15, 0.2) is 0 Å². The minimum atomic E-state index is -0.830. The predicted octanol–water partition coefficient (Wildman–Crippen LogP) is 2.59. The van der Waals surface area contributed by atoms with E-state index in [0.717, 1.165) is 28.8 Å². The highest BCUT2D eigenvalue weighted by Crippen LogP contribution is 2.36. The van der Waals surface area contributed by atoms with Crippen molar-refractivity contribution in [1.82, 2.24) is 9.88 Å². The Hall–Kier alpha value is -1.53. The van der Waals surface area contributed by atoms with Crippen LogP contribution in [0.2, 0.25) is 0 Å². The Labute approximate surface area is 120 Å². The number of aromatic nitrogens is 1. The summed E-state index contributed by atoms with van der Waals surface area (Å²) < 4.78 is 15.4. The molecule has 0 radical (unpaired) electrons. The number of carbonyl (C=O) groups is 1. The molecule has 1 aliphatic heterocycles. The van der Waals surface area contributed by atoms with Crippen molar-refractivity contribution < 1.29 is 14.3 Å². The van der Waals surface area contributed by atoms with Crippen LogP contribution in [0.15, 0.2) is 24.4 Å². The molecule has 20 heavy (non-hydrogen) atoms. The monoisotopic (exact) mass is 294 g/mol. The lowest BCUT2D eigenvalue weighted by molar-refractivity contribution is -0.137. The first-order valence-corrected chi connectivity index (χ1v) is 7.55. The zero-order chi connectivity index (χ0) is 14.1. The number of nitrogens with one attached hydrogen (secondary N) is 1. The van der Waals surface area contributed by atoms with Gasteiger partial charge < -0.3 is 15.0 Å². The SMILES string of the molecule is O=C(O)CCn1cc(C2NCCS2)c2cc(F)ccc21. The molecule has 6 heteroatoms. The number of aryl methyl sites for hydroxylation is 1. The Morgan fingerprint density at radius 2 is 2.40 bits per heavy atom. The Morgan fingerprint density at radius 3 is 3.10 bits per heavy atom. The number of thioether (sulfide) groups is 1. The molecular formula is C14H15FN2O2S. The van der Waals surface area contributed by atoms with E-state index in [0.29, 0.717) is 6.54 Å². The third-order valence-electron chi connectivity index (χ3n) is 3.44. The molecule has 2 N–H and O–H groups in total. The molecule has 1 aromatic carbocycles. The quantitative estimate of drug-likeness (QED) is 0.910. The number of benzene rings is 1. The summed E-state index contributed by atoms with van der Waals surface area (Å²) in [7, 11) is 0. The van der Waals surface area contributed by atoms with Crippen molar-refractivity contribution in [1.29, 1.82) is 0 Å². The van der Waals surface area contributed by atoms with Crippen molar-refractivity contribution >= 4 is 28.6 Å². The van der Waals surface area contributed by atoms with Crippen LogP contribution >= 0.6 is 11.8 Å². The number of aliphatic carboxylic acids is 1.